The van der Waals surface area contributed by atoms with Crippen molar-refractivity contribution in [3.8, 4) is 0 Å². The number of hydrogen-bond donors (Lipinski definition) is 1. The Morgan fingerprint density at radius 2 is 2.11 bits per heavy atom. The lowest BCUT2D eigenvalue weighted by molar-refractivity contribution is -0.139. The van der Waals surface area contributed by atoms with Gasteiger partial charge in [-0.25, -0.2) is 0 Å². The molecule has 1 atom stereocenters. The first-order valence-electron chi connectivity index (χ1n) is 6.93. The first-order valence-corrected chi connectivity index (χ1v) is 6.93. The maximum atomic E-state index is 12.6. The summed E-state index contributed by atoms with van der Waals surface area (Å²) < 4.78 is 5.55. The minimum absolute atomic E-state index is 0.0154. The van der Waals surface area contributed by atoms with Crippen LogP contribution in [0.15, 0.2) is 16.5 Å². The summed E-state index contributed by atoms with van der Waals surface area (Å²) in [5.74, 6) is 1.64. The Morgan fingerprint density at radius 1 is 1.47 bits per heavy atom. The Kier molecular flexibility index (Phi) is 5.18. The number of carbonyl (C=O) groups is 1. The van der Waals surface area contributed by atoms with E-state index in [2.05, 4.69) is 0 Å². The first kappa shape index (κ1) is 15.8. The lowest BCUT2D eigenvalue weighted by Crippen LogP contribution is -2.54. The van der Waals surface area contributed by atoms with Gasteiger partial charge in [0.15, 0.2) is 0 Å². The molecule has 4 nitrogen and oxygen atoms in total. The van der Waals surface area contributed by atoms with Crippen molar-refractivity contribution < 1.29 is 9.21 Å². The second kappa shape index (κ2) is 6.24. The van der Waals surface area contributed by atoms with E-state index in [0.29, 0.717) is 13.0 Å². The van der Waals surface area contributed by atoms with Gasteiger partial charge in [-0.3, -0.25) is 4.79 Å². The summed E-state index contributed by atoms with van der Waals surface area (Å²) in [7, 11) is 0. The number of furan rings is 1. The van der Waals surface area contributed by atoms with Crippen molar-refractivity contribution in [3.63, 3.8) is 0 Å². The summed E-state index contributed by atoms with van der Waals surface area (Å²) >= 11 is 0. The van der Waals surface area contributed by atoms with Crippen LogP contribution >= 0.6 is 0 Å². The Hall–Kier alpha value is -1.29. The predicted octanol–water partition coefficient (Wildman–Crippen LogP) is 2.84. The highest BCUT2D eigenvalue weighted by Crippen LogP contribution is 2.18. The van der Waals surface area contributed by atoms with E-state index in [9.17, 15) is 4.79 Å². The predicted molar refractivity (Wildman–Crippen MR) is 76.6 cm³/mol. The normalized spacial score (nSPS) is 14.5. The minimum atomic E-state index is -0.805. The molecule has 1 aromatic rings. The van der Waals surface area contributed by atoms with Crippen molar-refractivity contribution in [2.24, 2.45) is 5.73 Å². The van der Waals surface area contributed by atoms with Crippen molar-refractivity contribution in [1.29, 1.82) is 0 Å². The van der Waals surface area contributed by atoms with E-state index >= 15 is 0 Å². The second-order valence-corrected chi connectivity index (χ2v) is 5.71. The van der Waals surface area contributed by atoms with Gasteiger partial charge in [-0.15, -0.1) is 0 Å². The molecule has 0 fully saturated rings. The molecule has 0 aliphatic rings. The van der Waals surface area contributed by atoms with Crippen LogP contribution in [0.4, 0.5) is 0 Å². The van der Waals surface area contributed by atoms with Crippen molar-refractivity contribution in [2.75, 3.05) is 0 Å². The highest BCUT2D eigenvalue weighted by Gasteiger charge is 2.33. The lowest BCUT2D eigenvalue weighted by atomic mass is 9.95. The molecule has 0 radical (unpaired) electrons. The number of rotatable bonds is 6. The Labute approximate surface area is 116 Å². The molecular weight excluding hydrogens is 240 g/mol. The van der Waals surface area contributed by atoms with E-state index in [1.807, 2.05) is 46.8 Å². The van der Waals surface area contributed by atoms with E-state index in [1.54, 1.807) is 4.90 Å². The molecule has 0 bridgehead atoms. The van der Waals surface area contributed by atoms with Crippen LogP contribution in [-0.4, -0.2) is 22.4 Å². The number of aryl methyl sites for hydroxylation is 1. The molecule has 2 N–H and O–H groups in total. The Morgan fingerprint density at radius 3 is 2.53 bits per heavy atom. The number of hydrogen-bond acceptors (Lipinski definition) is 3. The van der Waals surface area contributed by atoms with Crippen LogP contribution in [0.2, 0.25) is 0 Å². The SMILES string of the molecule is CCCC(C)(N)C(=O)N(Cc1ccc(C)o1)C(C)C. The molecule has 4 heteroatoms. The van der Waals surface area contributed by atoms with Crippen molar-refractivity contribution in [2.45, 2.75) is 65.6 Å². The summed E-state index contributed by atoms with van der Waals surface area (Å²) in [6.45, 7) is 10.2. The van der Waals surface area contributed by atoms with Gasteiger partial charge in [0.05, 0.1) is 12.1 Å². The van der Waals surface area contributed by atoms with Crippen LogP contribution < -0.4 is 5.73 Å². The van der Waals surface area contributed by atoms with Crippen LogP contribution in [-0.2, 0) is 11.3 Å². The van der Waals surface area contributed by atoms with Crippen molar-refractivity contribution >= 4 is 5.91 Å². The van der Waals surface area contributed by atoms with Gasteiger partial charge >= 0.3 is 0 Å². The second-order valence-electron chi connectivity index (χ2n) is 5.71. The summed E-state index contributed by atoms with van der Waals surface area (Å²) in [5.41, 5.74) is 5.34. The van der Waals surface area contributed by atoms with E-state index in [-0.39, 0.29) is 11.9 Å². The molecule has 1 rings (SSSR count). The molecule has 19 heavy (non-hydrogen) atoms. The van der Waals surface area contributed by atoms with Crippen LogP contribution in [0.25, 0.3) is 0 Å². The number of nitrogens with zero attached hydrogens (tertiary/aromatic N) is 1. The number of carbonyl (C=O) groups excluding carboxylic acids is 1. The van der Waals surface area contributed by atoms with Crippen molar-refractivity contribution in [3.05, 3.63) is 23.7 Å². The molecule has 1 aromatic heterocycles. The molecular formula is C15H26N2O2. The molecule has 0 aliphatic carbocycles. The summed E-state index contributed by atoms with van der Waals surface area (Å²) in [4.78, 5) is 14.4. The summed E-state index contributed by atoms with van der Waals surface area (Å²) in [6, 6.07) is 3.91. The maximum Gasteiger partial charge on any atom is 0.243 e. The molecule has 1 heterocycles. The fourth-order valence-corrected chi connectivity index (χ4v) is 2.18. The third kappa shape index (κ3) is 4.10. The van der Waals surface area contributed by atoms with Gasteiger partial charge < -0.3 is 15.1 Å². The lowest BCUT2D eigenvalue weighted by Gasteiger charge is -2.34. The molecule has 108 valence electrons. The largest absolute Gasteiger partial charge is 0.464 e. The quantitative estimate of drug-likeness (QED) is 0.861. The number of nitrogens with two attached hydrogens (primary N) is 1. The first-order chi connectivity index (χ1) is 8.77. The third-order valence-electron chi connectivity index (χ3n) is 3.26. The van der Waals surface area contributed by atoms with E-state index in [0.717, 1.165) is 17.9 Å². The van der Waals surface area contributed by atoms with Gasteiger partial charge in [-0.2, -0.15) is 0 Å². The molecule has 0 saturated heterocycles. The standard InChI is InChI=1S/C15H26N2O2/c1-6-9-15(5,16)14(18)17(11(2)3)10-13-8-7-12(4)19-13/h7-8,11H,6,9-10,16H2,1-5H3. The fraction of sp³-hybridized carbons (Fsp3) is 0.667. The van der Waals surface area contributed by atoms with Crippen LogP contribution in [0.5, 0.6) is 0 Å². The zero-order chi connectivity index (χ0) is 14.6. The van der Waals surface area contributed by atoms with Crippen molar-refractivity contribution in [1.82, 2.24) is 4.90 Å². The van der Waals surface area contributed by atoms with Gasteiger partial charge in [0.1, 0.15) is 11.5 Å². The molecule has 0 aliphatic heterocycles. The fourth-order valence-electron chi connectivity index (χ4n) is 2.18. The smallest absolute Gasteiger partial charge is 0.243 e. The number of amides is 1. The third-order valence-corrected chi connectivity index (χ3v) is 3.26. The van der Waals surface area contributed by atoms with Crippen LogP contribution in [0.1, 0.15) is 52.1 Å². The highest BCUT2D eigenvalue weighted by atomic mass is 16.3. The van der Waals surface area contributed by atoms with Gasteiger partial charge in [0.25, 0.3) is 0 Å². The van der Waals surface area contributed by atoms with E-state index < -0.39 is 5.54 Å². The molecule has 0 spiro atoms. The van der Waals surface area contributed by atoms with Crippen LogP contribution in [0, 0.1) is 6.92 Å². The molecule has 0 aromatic carbocycles. The van der Waals surface area contributed by atoms with Gasteiger partial charge in [0, 0.05) is 6.04 Å². The minimum Gasteiger partial charge on any atom is -0.464 e. The molecule has 0 saturated carbocycles. The van der Waals surface area contributed by atoms with E-state index in [1.165, 1.54) is 0 Å². The maximum absolute atomic E-state index is 12.6. The Bertz CT molecular complexity index is 422. The van der Waals surface area contributed by atoms with Crippen LogP contribution in [0.3, 0.4) is 0 Å². The molecule has 1 unspecified atom stereocenters. The summed E-state index contributed by atoms with van der Waals surface area (Å²) in [6.07, 6.45) is 1.58. The zero-order valence-electron chi connectivity index (χ0n) is 12.7. The zero-order valence-corrected chi connectivity index (χ0v) is 12.7. The topological polar surface area (TPSA) is 59.5 Å². The average Bonchev–Trinajstić information content (AvgIpc) is 2.70. The monoisotopic (exact) mass is 266 g/mol. The van der Waals surface area contributed by atoms with Gasteiger partial charge in [0.2, 0.25) is 5.91 Å². The average molecular weight is 266 g/mol. The van der Waals surface area contributed by atoms with Gasteiger partial charge in [-0.1, -0.05) is 13.3 Å². The van der Waals surface area contributed by atoms with Gasteiger partial charge in [-0.05, 0) is 46.2 Å². The highest BCUT2D eigenvalue weighted by molar-refractivity contribution is 5.85. The Balaban J connectivity index is 2.86. The van der Waals surface area contributed by atoms with E-state index in [4.69, 9.17) is 10.2 Å². The summed E-state index contributed by atoms with van der Waals surface area (Å²) in [5, 5.41) is 0. The molecule has 1 amide bonds.